The zero-order valence-corrected chi connectivity index (χ0v) is 9.67. The minimum Gasteiger partial charge on any atom is -0.490 e. The van der Waals surface area contributed by atoms with Gasteiger partial charge in [0.1, 0.15) is 11.4 Å². The number of hydrogen-bond donors (Lipinski definition) is 2. The van der Waals surface area contributed by atoms with E-state index < -0.39 is 0 Å². The number of pyridine rings is 1. The molecule has 1 aliphatic rings. The van der Waals surface area contributed by atoms with Gasteiger partial charge in [-0.15, -0.1) is 0 Å². The molecular weight excluding hydrogens is 218 g/mol. The molecule has 1 fully saturated rings. The summed E-state index contributed by atoms with van der Waals surface area (Å²) in [7, 11) is 0. The van der Waals surface area contributed by atoms with Gasteiger partial charge in [0.25, 0.3) is 0 Å². The fraction of sp³-hybridized carbons (Fsp3) is 0.500. The summed E-state index contributed by atoms with van der Waals surface area (Å²) in [5.74, 6) is 0.729. The van der Waals surface area contributed by atoms with Gasteiger partial charge in [-0.3, -0.25) is 4.98 Å². The van der Waals surface area contributed by atoms with Gasteiger partial charge in [0.05, 0.1) is 6.10 Å². The SMILES string of the molecule is NC(=NO)c1cc(OC2CCCCC2)ccn1. The number of aromatic nitrogens is 1. The third kappa shape index (κ3) is 3.09. The number of nitrogens with zero attached hydrogens (tertiary/aromatic N) is 2. The standard InChI is InChI=1S/C12H17N3O2/c13-12(15-16)11-8-10(6-7-14-11)17-9-4-2-1-3-5-9/h6-9,16H,1-5H2,(H2,13,15). The first-order valence-electron chi connectivity index (χ1n) is 5.90. The molecular formula is C12H17N3O2. The van der Waals surface area contributed by atoms with Crippen LogP contribution >= 0.6 is 0 Å². The molecule has 1 aromatic rings. The van der Waals surface area contributed by atoms with E-state index in [4.69, 9.17) is 15.7 Å². The Kier molecular flexibility index (Phi) is 3.80. The van der Waals surface area contributed by atoms with E-state index >= 15 is 0 Å². The van der Waals surface area contributed by atoms with Crippen LogP contribution in [-0.2, 0) is 0 Å². The average Bonchev–Trinajstić information content (AvgIpc) is 2.39. The molecule has 0 radical (unpaired) electrons. The third-order valence-electron chi connectivity index (χ3n) is 2.96. The topological polar surface area (TPSA) is 80.7 Å². The van der Waals surface area contributed by atoms with Crippen LogP contribution in [0.5, 0.6) is 5.75 Å². The predicted octanol–water partition coefficient (Wildman–Crippen LogP) is 1.89. The van der Waals surface area contributed by atoms with Gasteiger partial charge in [0, 0.05) is 12.3 Å². The van der Waals surface area contributed by atoms with Crippen LogP contribution < -0.4 is 10.5 Å². The van der Waals surface area contributed by atoms with Gasteiger partial charge < -0.3 is 15.7 Å². The van der Waals surface area contributed by atoms with Crippen molar-refractivity contribution in [1.29, 1.82) is 0 Å². The first-order chi connectivity index (χ1) is 8.29. The highest BCUT2D eigenvalue weighted by Gasteiger charge is 2.15. The molecule has 1 saturated carbocycles. The average molecular weight is 235 g/mol. The van der Waals surface area contributed by atoms with Crippen LogP contribution in [0.1, 0.15) is 37.8 Å². The lowest BCUT2D eigenvalue weighted by Gasteiger charge is -2.23. The lowest BCUT2D eigenvalue weighted by molar-refractivity contribution is 0.155. The van der Waals surface area contributed by atoms with E-state index in [1.807, 2.05) is 0 Å². The zero-order chi connectivity index (χ0) is 12.1. The van der Waals surface area contributed by atoms with E-state index in [-0.39, 0.29) is 11.9 Å². The second-order valence-electron chi connectivity index (χ2n) is 4.24. The highest BCUT2D eigenvalue weighted by molar-refractivity contribution is 5.95. The summed E-state index contributed by atoms with van der Waals surface area (Å²) in [6.07, 6.45) is 7.83. The van der Waals surface area contributed by atoms with Crippen molar-refractivity contribution in [3.05, 3.63) is 24.0 Å². The Labute approximate surface area is 100 Å². The van der Waals surface area contributed by atoms with Crippen LogP contribution in [0.4, 0.5) is 0 Å². The molecule has 1 heterocycles. The van der Waals surface area contributed by atoms with E-state index in [0.717, 1.165) is 18.6 Å². The van der Waals surface area contributed by atoms with Crippen molar-refractivity contribution in [3.63, 3.8) is 0 Å². The smallest absolute Gasteiger partial charge is 0.188 e. The number of oxime groups is 1. The van der Waals surface area contributed by atoms with Crippen LogP contribution in [0, 0.1) is 0 Å². The highest BCUT2D eigenvalue weighted by Crippen LogP contribution is 2.23. The van der Waals surface area contributed by atoms with E-state index in [0.29, 0.717) is 5.69 Å². The molecule has 92 valence electrons. The summed E-state index contributed by atoms with van der Waals surface area (Å²) in [6.45, 7) is 0. The molecule has 3 N–H and O–H groups in total. The summed E-state index contributed by atoms with van der Waals surface area (Å²) < 4.78 is 5.86. The normalized spacial score (nSPS) is 18.0. The summed E-state index contributed by atoms with van der Waals surface area (Å²) >= 11 is 0. The summed E-state index contributed by atoms with van der Waals surface area (Å²) in [6, 6.07) is 3.49. The fourth-order valence-electron chi connectivity index (χ4n) is 2.05. The molecule has 5 heteroatoms. The molecule has 2 rings (SSSR count). The molecule has 0 saturated heterocycles. The third-order valence-corrected chi connectivity index (χ3v) is 2.96. The Bertz CT molecular complexity index is 400. The van der Waals surface area contributed by atoms with Crippen molar-refractivity contribution in [2.24, 2.45) is 10.9 Å². The van der Waals surface area contributed by atoms with Crippen LogP contribution in [0.15, 0.2) is 23.5 Å². The quantitative estimate of drug-likeness (QED) is 0.363. The number of amidine groups is 1. The molecule has 0 atom stereocenters. The molecule has 1 aromatic heterocycles. The molecule has 0 bridgehead atoms. The predicted molar refractivity (Wildman–Crippen MR) is 64.2 cm³/mol. The highest BCUT2D eigenvalue weighted by atomic mass is 16.5. The Hall–Kier alpha value is -1.78. The Balaban J connectivity index is 2.05. The minimum absolute atomic E-state index is 0.000839. The number of hydrogen-bond acceptors (Lipinski definition) is 4. The Morgan fingerprint density at radius 3 is 2.88 bits per heavy atom. The molecule has 0 aliphatic heterocycles. The monoisotopic (exact) mass is 235 g/mol. The first-order valence-corrected chi connectivity index (χ1v) is 5.90. The van der Waals surface area contributed by atoms with Crippen molar-refractivity contribution < 1.29 is 9.94 Å². The van der Waals surface area contributed by atoms with Crippen molar-refractivity contribution in [2.45, 2.75) is 38.2 Å². The van der Waals surface area contributed by atoms with Crippen LogP contribution in [0.25, 0.3) is 0 Å². The molecule has 0 spiro atoms. The second-order valence-corrected chi connectivity index (χ2v) is 4.24. The van der Waals surface area contributed by atoms with E-state index in [1.165, 1.54) is 19.3 Å². The van der Waals surface area contributed by atoms with Crippen LogP contribution in [0.3, 0.4) is 0 Å². The maximum Gasteiger partial charge on any atom is 0.188 e. The lowest BCUT2D eigenvalue weighted by atomic mass is 9.98. The number of nitrogens with two attached hydrogens (primary N) is 1. The number of rotatable bonds is 3. The van der Waals surface area contributed by atoms with E-state index in [9.17, 15) is 0 Å². The van der Waals surface area contributed by atoms with Gasteiger partial charge in [-0.25, -0.2) is 0 Å². The summed E-state index contributed by atoms with van der Waals surface area (Å²) in [5.41, 5.74) is 5.91. The second kappa shape index (κ2) is 5.52. The Morgan fingerprint density at radius 2 is 2.18 bits per heavy atom. The maximum absolute atomic E-state index is 8.58. The largest absolute Gasteiger partial charge is 0.490 e. The molecule has 0 amide bonds. The van der Waals surface area contributed by atoms with Gasteiger partial charge >= 0.3 is 0 Å². The fourth-order valence-corrected chi connectivity index (χ4v) is 2.05. The van der Waals surface area contributed by atoms with Gasteiger partial charge in [-0.05, 0) is 31.7 Å². The van der Waals surface area contributed by atoms with Gasteiger partial charge in [0.2, 0.25) is 0 Å². The van der Waals surface area contributed by atoms with Crippen molar-refractivity contribution in [1.82, 2.24) is 4.98 Å². The molecule has 0 aromatic carbocycles. The molecule has 0 unspecified atom stereocenters. The number of ether oxygens (including phenoxy) is 1. The van der Waals surface area contributed by atoms with Gasteiger partial charge in [-0.2, -0.15) is 0 Å². The van der Waals surface area contributed by atoms with Crippen LogP contribution in [-0.4, -0.2) is 22.1 Å². The van der Waals surface area contributed by atoms with Crippen molar-refractivity contribution >= 4 is 5.84 Å². The summed E-state index contributed by atoms with van der Waals surface area (Å²) in [4.78, 5) is 4.01. The van der Waals surface area contributed by atoms with Crippen LogP contribution in [0.2, 0.25) is 0 Å². The van der Waals surface area contributed by atoms with Crippen molar-refractivity contribution in [2.75, 3.05) is 0 Å². The van der Waals surface area contributed by atoms with Gasteiger partial charge in [-0.1, -0.05) is 11.6 Å². The van der Waals surface area contributed by atoms with E-state index in [2.05, 4.69) is 10.1 Å². The summed E-state index contributed by atoms with van der Waals surface area (Å²) in [5, 5.41) is 11.5. The lowest BCUT2D eigenvalue weighted by Crippen LogP contribution is -2.20. The van der Waals surface area contributed by atoms with Gasteiger partial charge in [0.15, 0.2) is 5.84 Å². The zero-order valence-electron chi connectivity index (χ0n) is 9.67. The molecule has 5 nitrogen and oxygen atoms in total. The Morgan fingerprint density at radius 1 is 1.41 bits per heavy atom. The minimum atomic E-state index is -0.000839. The maximum atomic E-state index is 8.58. The first kappa shape index (κ1) is 11.7. The van der Waals surface area contributed by atoms with E-state index in [1.54, 1.807) is 18.3 Å². The van der Waals surface area contributed by atoms with Crippen molar-refractivity contribution in [3.8, 4) is 5.75 Å². The molecule has 1 aliphatic carbocycles. The molecule has 17 heavy (non-hydrogen) atoms.